The lowest BCUT2D eigenvalue weighted by Gasteiger charge is -2.18. The number of ether oxygens (including phenoxy) is 1. The summed E-state index contributed by atoms with van der Waals surface area (Å²) in [6, 6.07) is 9.71. The highest BCUT2D eigenvalue weighted by Crippen LogP contribution is 2.27. The lowest BCUT2D eigenvalue weighted by molar-refractivity contribution is 0.415. The largest absolute Gasteiger partial charge is 0.497 e. The first kappa shape index (κ1) is 17.0. The van der Waals surface area contributed by atoms with E-state index in [-0.39, 0.29) is 0 Å². The van der Waals surface area contributed by atoms with Gasteiger partial charge in [0.05, 0.1) is 25.0 Å². The molecule has 4 aromatic rings. The molecule has 0 unspecified atom stereocenters. The zero-order chi connectivity index (χ0) is 18.8. The molecule has 0 aliphatic rings. The number of nitrogens with zero attached hydrogens (tertiary/aromatic N) is 7. The van der Waals surface area contributed by atoms with E-state index in [9.17, 15) is 0 Å². The first-order valence-corrected chi connectivity index (χ1v) is 8.56. The van der Waals surface area contributed by atoms with Gasteiger partial charge in [0.25, 0.3) is 0 Å². The molecule has 27 heavy (non-hydrogen) atoms. The Kier molecular flexibility index (Phi) is 4.41. The molecule has 0 aliphatic heterocycles. The fourth-order valence-electron chi connectivity index (χ4n) is 2.78. The van der Waals surface area contributed by atoms with Crippen LogP contribution in [0.4, 0.5) is 5.69 Å². The molecule has 3 heterocycles. The van der Waals surface area contributed by atoms with Crippen LogP contribution >= 0.6 is 0 Å². The van der Waals surface area contributed by atoms with E-state index in [0.717, 1.165) is 22.7 Å². The molecular weight excluding hydrogens is 346 g/mol. The molecule has 0 fully saturated rings. The molecule has 0 saturated carbocycles. The van der Waals surface area contributed by atoms with Gasteiger partial charge in [0, 0.05) is 19.0 Å². The highest BCUT2D eigenvalue weighted by Gasteiger charge is 2.16. The second-order valence-electron chi connectivity index (χ2n) is 6.04. The summed E-state index contributed by atoms with van der Waals surface area (Å²) in [5.74, 6) is 1.97. The van der Waals surface area contributed by atoms with Gasteiger partial charge in [-0.25, -0.2) is 0 Å². The van der Waals surface area contributed by atoms with Gasteiger partial charge in [-0.2, -0.15) is 9.61 Å². The minimum Gasteiger partial charge on any atom is -0.497 e. The first-order chi connectivity index (χ1) is 13.2. The summed E-state index contributed by atoms with van der Waals surface area (Å²) >= 11 is 0. The third-order valence-corrected chi connectivity index (χ3v) is 4.23. The average Bonchev–Trinajstić information content (AvgIpc) is 3.36. The number of hydrogen-bond donors (Lipinski definition) is 0. The van der Waals surface area contributed by atoms with E-state index in [1.54, 1.807) is 18.0 Å². The molecule has 0 bridgehead atoms. The van der Waals surface area contributed by atoms with Gasteiger partial charge in [0.15, 0.2) is 0 Å². The Balaban J connectivity index is 1.71. The third-order valence-electron chi connectivity index (χ3n) is 4.23. The lowest BCUT2D eigenvalue weighted by Crippen LogP contribution is -2.18. The summed E-state index contributed by atoms with van der Waals surface area (Å²) in [6.07, 6.45) is 2.30. The summed E-state index contributed by atoms with van der Waals surface area (Å²) in [5, 5.41) is 20.9. The van der Waals surface area contributed by atoms with Crippen LogP contribution in [0.1, 0.15) is 18.7 Å². The Bertz CT molecular complexity index is 1060. The Hall–Kier alpha value is -3.49. The van der Waals surface area contributed by atoms with Crippen LogP contribution in [0.3, 0.4) is 0 Å². The van der Waals surface area contributed by atoms with Gasteiger partial charge >= 0.3 is 0 Å². The lowest BCUT2D eigenvalue weighted by atomic mass is 10.1. The molecule has 138 valence electrons. The van der Waals surface area contributed by atoms with Gasteiger partial charge in [-0.05, 0) is 30.3 Å². The normalized spacial score (nSPS) is 11.1. The molecule has 0 aliphatic carbocycles. The minimum absolute atomic E-state index is 0.460. The SMILES string of the molecule is CCc1nnc(CN(C)c2cc(-c3ccc(OC)cc3)nn3cnnc23)o1. The van der Waals surface area contributed by atoms with E-state index in [1.165, 1.54) is 0 Å². The van der Waals surface area contributed by atoms with Crippen LogP contribution in [0.5, 0.6) is 5.75 Å². The van der Waals surface area contributed by atoms with Gasteiger partial charge in [-0.15, -0.1) is 20.4 Å². The van der Waals surface area contributed by atoms with Crippen molar-refractivity contribution in [2.24, 2.45) is 0 Å². The molecule has 0 saturated heterocycles. The van der Waals surface area contributed by atoms with Crippen molar-refractivity contribution < 1.29 is 9.15 Å². The minimum atomic E-state index is 0.460. The number of benzene rings is 1. The monoisotopic (exact) mass is 365 g/mol. The van der Waals surface area contributed by atoms with Crippen LogP contribution < -0.4 is 9.64 Å². The molecule has 0 radical (unpaired) electrons. The third kappa shape index (κ3) is 3.31. The summed E-state index contributed by atoms with van der Waals surface area (Å²) in [5.41, 5.74) is 3.29. The van der Waals surface area contributed by atoms with E-state index in [4.69, 9.17) is 9.15 Å². The quantitative estimate of drug-likeness (QED) is 0.514. The maximum absolute atomic E-state index is 5.62. The second kappa shape index (κ2) is 7.02. The van der Waals surface area contributed by atoms with Crippen molar-refractivity contribution in [1.29, 1.82) is 0 Å². The number of anilines is 1. The Morgan fingerprint density at radius 1 is 1.11 bits per heavy atom. The number of aryl methyl sites for hydroxylation is 1. The molecule has 3 aromatic heterocycles. The van der Waals surface area contributed by atoms with Crippen molar-refractivity contribution in [3.8, 4) is 17.0 Å². The van der Waals surface area contributed by atoms with Gasteiger partial charge in [0.2, 0.25) is 17.4 Å². The highest BCUT2D eigenvalue weighted by atomic mass is 16.5. The van der Waals surface area contributed by atoms with Gasteiger partial charge in [-0.3, -0.25) is 0 Å². The molecule has 0 atom stereocenters. The smallest absolute Gasteiger partial charge is 0.235 e. The molecule has 9 nitrogen and oxygen atoms in total. The van der Waals surface area contributed by atoms with Crippen molar-refractivity contribution in [3.05, 3.63) is 48.4 Å². The first-order valence-electron chi connectivity index (χ1n) is 8.56. The van der Waals surface area contributed by atoms with E-state index < -0.39 is 0 Å². The van der Waals surface area contributed by atoms with Crippen LogP contribution in [-0.2, 0) is 13.0 Å². The summed E-state index contributed by atoms with van der Waals surface area (Å²) < 4.78 is 12.5. The maximum atomic E-state index is 5.62. The van der Waals surface area contributed by atoms with Gasteiger partial charge < -0.3 is 14.1 Å². The van der Waals surface area contributed by atoms with Crippen molar-refractivity contribution in [3.63, 3.8) is 0 Å². The van der Waals surface area contributed by atoms with Crippen LogP contribution in [0.2, 0.25) is 0 Å². The number of aromatic nitrogens is 6. The zero-order valence-corrected chi connectivity index (χ0v) is 15.3. The van der Waals surface area contributed by atoms with E-state index in [0.29, 0.717) is 30.4 Å². The molecule has 0 amide bonds. The topological polar surface area (TPSA) is 94.5 Å². The van der Waals surface area contributed by atoms with Crippen LogP contribution in [0.25, 0.3) is 16.9 Å². The van der Waals surface area contributed by atoms with Crippen molar-refractivity contribution in [2.75, 3.05) is 19.1 Å². The summed E-state index contributed by atoms with van der Waals surface area (Å²) in [7, 11) is 3.59. The standard InChI is InChI=1S/C18H19N7O2/c1-4-16-20-21-17(27-16)10-24(2)15-9-14(23-25-11-19-22-18(15)25)12-5-7-13(26-3)8-6-12/h5-9,11H,4,10H2,1-3H3. The predicted molar refractivity (Wildman–Crippen MR) is 98.6 cm³/mol. The molecule has 4 rings (SSSR count). The van der Waals surface area contributed by atoms with E-state index in [1.807, 2.05) is 49.2 Å². The second-order valence-corrected chi connectivity index (χ2v) is 6.04. The molecule has 9 heteroatoms. The number of fused-ring (bicyclic) bond motifs is 1. The number of hydrogen-bond acceptors (Lipinski definition) is 8. The van der Waals surface area contributed by atoms with Crippen molar-refractivity contribution in [1.82, 2.24) is 30.0 Å². The Morgan fingerprint density at radius 3 is 2.59 bits per heavy atom. The Labute approximate surface area is 155 Å². The van der Waals surface area contributed by atoms with Gasteiger partial charge in [0.1, 0.15) is 12.1 Å². The average molecular weight is 365 g/mol. The van der Waals surface area contributed by atoms with E-state index >= 15 is 0 Å². The zero-order valence-electron chi connectivity index (χ0n) is 15.3. The van der Waals surface area contributed by atoms with Crippen molar-refractivity contribution >= 4 is 11.3 Å². The maximum Gasteiger partial charge on any atom is 0.235 e. The number of rotatable bonds is 6. The fraction of sp³-hybridized carbons (Fsp3) is 0.278. The summed E-state index contributed by atoms with van der Waals surface area (Å²) in [6.45, 7) is 2.44. The molecule has 0 N–H and O–H groups in total. The Morgan fingerprint density at radius 2 is 1.89 bits per heavy atom. The number of methoxy groups -OCH3 is 1. The van der Waals surface area contributed by atoms with Gasteiger partial charge in [-0.1, -0.05) is 6.92 Å². The highest BCUT2D eigenvalue weighted by molar-refractivity contribution is 5.74. The van der Waals surface area contributed by atoms with Crippen LogP contribution in [0, 0.1) is 0 Å². The fourth-order valence-corrected chi connectivity index (χ4v) is 2.78. The van der Waals surface area contributed by atoms with E-state index in [2.05, 4.69) is 25.5 Å². The molecule has 1 aromatic carbocycles. The molecular formula is C18H19N7O2. The van der Waals surface area contributed by atoms with Crippen molar-refractivity contribution in [2.45, 2.75) is 19.9 Å². The van der Waals surface area contributed by atoms with Crippen LogP contribution in [-0.4, -0.2) is 44.2 Å². The van der Waals surface area contributed by atoms with Crippen LogP contribution in [0.15, 0.2) is 41.1 Å². The molecule has 0 spiro atoms. The summed E-state index contributed by atoms with van der Waals surface area (Å²) in [4.78, 5) is 1.99. The predicted octanol–water partition coefficient (Wildman–Crippen LogP) is 2.38.